The van der Waals surface area contributed by atoms with Crippen LogP contribution in [0.5, 0.6) is 0 Å². The minimum atomic E-state index is -2.36. The van der Waals surface area contributed by atoms with Gasteiger partial charge in [0.1, 0.15) is 0 Å². The molecule has 0 unspecified atom stereocenters. The second-order valence-corrected chi connectivity index (χ2v) is 32.1. The Morgan fingerprint density at radius 3 is 2.00 bits per heavy atom. The number of imidazole rings is 1. The van der Waals surface area contributed by atoms with Crippen LogP contribution in [0.15, 0.2) is 158 Å². The van der Waals surface area contributed by atoms with Crippen molar-refractivity contribution in [1.29, 1.82) is 0 Å². The molecule has 6 heteroatoms. The second-order valence-electron chi connectivity index (χ2n) is 20.4. The van der Waals surface area contributed by atoms with Crippen LogP contribution in [0.25, 0.3) is 81.8 Å². The first-order valence-corrected chi connectivity index (χ1v) is 31.9. The molecule has 0 aliphatic rings. The van der Waals surface area contributed by atoms with Gasteiger partial charge in [0.25, 0.3) is 0 Å². The minimum Gasteiger partial charge on any atom is 0 e. The molecule has 10 aromatic rings. The van der Waals surface area contributed by atoms with Gasteiger partial charge in [-0.2, -0.15) is 11.3 Å². The van der Waals surface area contributed by atoms with Gasteiger partial charge in [-0.1, -0.05) is 136 Å². The van der Waals surface area contributed by atoms with Crippen LogP contribution in [-0.4, -0.2) is 27.8 Å². The van der Waals surface area contributed by atoms with Crippen molar-refractivity contribution < 1.29 is 27.0 Å². The molecule has 3 nitrogen and oxygen atoms in total. The molecule has 0 amide bonds. The van der Waals surface area contributed by atoms with Crippen molar-refractivity contribution in [2.24, 2.45) is 5.41 Å². The minimum absolute atomic E-state index is 0. The van der Waals surface area contributed by atoms with Crippen LogP contribution in [0.4, 0.5) is 0 Å². The topological polar surface area (TPSA) is 30.7 Å². The van der Waals surface area contributed by atoms with E-state index in [0.717, 1.165) is 26.8 Å². The number of rotatable bonds is 9. The Balaban J connectivity index is 0.000000224. The molecule has 0 bridgehead atoms. The van der Waals surface area contributed by atoms with Gasteiger partial charge in [-0.15, -0.1) is 18.2 Å². The van der Waals surface area contributed by atoms with Crippen LogP contribution in [0.2, 0.25) is 17.3 Å². The fourth-order valence-corrected chi connectivity index (χ4v) is 13.2. The molecule has 0 spiro atoms. The fraction of sp³-hybridized carbons (Fsp3) is 0.238. The first-order valence-electron chi connectivity index (χ1n) is 26.2. The summed E-state index contributed by atoms with van der Waals surface area (Å²) in [6, 6.07) is 59.1. The van der Waals surface area contributed by atoms with Gasteiger partial charge in [-0.25, -0.2) is 0 Å². The largest absolute Gasteiger partial charge is 0 e. The third kappa shape index (κ3) is 10.7. The molecule has 0 N–H and O–H groups in total. The number of fused-ring (bicyclic) bond motifs is 4. The van der Waals surface area contributed by atoms with Crippen LogP contribution >= 0.6 is 11.3 Å². The Kier molecular flexibility index (Phi) is 12.9. The van der Waals surface area contributed by atoms with Crippen molar-refractivity contribution in [1.82, 2.24) is 14.5 Å². The van der Waals surface area contributed by atoms with Crippen LogP contribution in [0.3, 0.4) is 0 Å². The molecule has 0 fully saturated rings. The summed E-state index contributed by atoms with van der Waals surface area (Å²) in [5.41, 5.74) is 13.7. The van der Waals surface area contributed by atoms with Crippen LogP contribution in [-0.2, 0) is 26.5 Å². The van der Waals surface area contributed by atoms with Gasteiger partial charge in [0.2, 0.25) is 0 Å². The molecule has 69 heavy (non-hydrogen) atoms. The van der Waals surface area contributed by atoms with Gasteiger partial charge in [0.05, 0.1) is 16.9 Å². The maximum Gasteiger partial charge on any atom is 0 e. The second kappa shape index (κ2) is 20.5. The van der Waals surface area contributed by atoms with E-state index in [1.54, 1.807) is 12.1 Å². The molecule has 0 aliphatic heterocycles. The van der Waals surface area contributed by atoms with Gasteiger partial charge in [-0.05, 0) is 73.5 Å². The number of benzene rings is 7. The molecule has 3 aromatic heterocycles. The average molecular weight is 1160 g/mol. The molecule has 10 rings (SSSR count). The summed E-state index contributed by atoms with van der Waals surface area (Å²) in [7, 11) is 0. The Bertz CT molecular complexity index is 3580. The standard InChI is InChI=1S/C43H35N2S.C20H28GeN.Ir/c1-27(2)33-14-10-15-34(28(3)4)41(33)45-39-19-9-8-18-38(39)44-43(45)37-17-11-16-36-35-25-24-32(26-40(35)46-42(36)37)31-22-20-30(21-23-31)29-12-6-5-7-13-29;1-15-8-10-16(11-9-15)19-12-17(13-20(2,3)4)18(14-22-19)21(5,6)7;/h5-16,18-28H,1-4H3;8-10,12,14H,13H2,1-7H3;/q2*-1;/i;1D3,13D2;. The maximum absolute atomic E-state index is 8.80. The van der Waals surface area contributed by atoms with Gasteiger partial charge in [0.15, 0.2) is 0 Å². The summed E-state index contributed by atoms with van der Waals surface area (Å²) < 4.78 is 46.0. The molecule has 0 saturated carbocycles. The third-order valence-corrected chi connectivity index (χ3v) is 17.8. The summed E-state index contributed by atoms with van der Waals surface area (Å²) in [6.45, 7) is 12.7. The number of thiophene rings is 1. The van der Waals surface area contributed by atoms with Crippen LogP contribution in [0.1, 0.15) is 89.4 Å². The first-order chi connectivity index (χ1) is 34.5. The summed E-state index contributed by atoms with van der Waals surface area (Å²) in [4.78, 5) is 9.89. The van der Waals surface area contributed by atoms with E-state index in [9.17, 15) is 0 Å². The van der Waals surface area contributed by atoms with Crippen molar-refractivity contribution >= 4 is 60.2 Å². The van der Waals surface area contributed by atoms with Crippen LogP contribution < -0.4 is 4.40 Å². The predicted octanol–water partition coefficient (Wildman–Crippen LogP) is 17.4. The Labute approximate surface area is 437 Å². The number of hydrogen-bond donors (Lipinski definition) is 0. The number of para-hydroxylation sites is 3. The SMILES string of the molecule is CC(C)c1cccc(C(C)C)c1-n1c(-c2[c-]ccc3c2sc2cc(-c4ccc(-c5ccccc5)cc4)ccc23)nc2ccccc21.[2H]C([2H])([2H])c1c[c-]c(-c2cc(C([2H])([2H])C(C)(C)C)[c]([Ge]([CH3])([CH3])[CH3])cn2)cc1.[Ir]. The van der Waals surface area contributed by atoms with Gasteiger partial charge >= 0.3 is 145 Å². The Hall–Kier alpha value is -5.43. The van der Waals surface area contributed by atoms with Crippen molar-refractivity contribution in [2.45, 2.75) is 90.8 Å². The van der Waals surface area contributed by atoms with Gasteiger partial charge in [-0.3, -0.25) is 4.98 Å². The monoisotopic (exact) mass is 1170 g/mol. The molecule has 351 valence electrons. The van der Waals surface area contributed by atoms with E-state index >= 15 is 0 Å². The van der Waals surface area contributed by atoms with E-state index in [0.29, 0.717) is 28.7 Å². The van der Waals surface area contributed by atoms with Gasteiger partial charge < -0.3 is 4.57 Å². The normalized spacial score (nSPS) is 13.4. The summed E-state index contributed by atoms with van der Waals surface area (Å²) in [5.74, 6) is 8.38. The molecule has 7 aromatic carbocycles. The average Bonchev–Trinajstić information content (AvgIpc) is 3.94. The van der Waals surface area contributed by atoms with E-state index in [2.05, 4.69) is 194 Å². The number of hydrogen-bond acceptors (Lipinski definition) is 3. The number of nitrogens with zero attached hydrogens (tertiary/aromatic N) is 3. The van der Waals surface area contributed by atoms with Crippen molar-refractivity contribution in [2.75, 3.05) is 0 Å². The van der Waals surface area contributed by atoms with Gasteiger partial charge in [0, 0.05) is 30.5 Å². The summed E-state index contributed by atoms with van der Waals surface area (Å²) in [5, 5.41) is 2.52. The smallest absolute Gasteiger partial charge is 0 e. The van der Waals surface area contributed by atoms with Crippen LogP contribution in [0, 0.1) is 24.4 Å². The molecular formula is C63H63GeIrN3S-2. The predicted molar refractivity (Wildman–Crippen MR) is 297 cm³/mol. The Morgan fingerprint density at radius 2 is 1.36 bits per heavy atom. The summed E-state index contributed by atoms with van der Waals surface area (Å²) in [6.07, 6.45) is 0.303. The molecule has 0 aliphatic carbocycles. The van der Waals surface area contributed by atoms with Crippen molar-refractivity contribution in [3.63, 3.8) is 0 Å². The Morgan fingerprint density at radius 1 is 0.710 bits per heavy atom. The van der Waals surface area contributed by atoms with E-state index in [1.807, 2.05) is 44.4 Å². The van der Waals surface area contributed by atoms with E-state index < -0.39 is 31.9 Å². The van der Waals surface area contributed by atoms with E-state index in [4.69, 9.17) is 11.8 Å². The molecule has 1 radical (unpaired) electrons. The number of aromatic nitrogens is 3. The van der Waals surface area contributed by atoms with Crippen molar-refractivity contribution in [3.05, 3.63) is 192 Å². The summed E-state index contributed by atoms with van der Waals surface area (Å²) >= 11 is -0.513. The zero-order valence-electron chi connectivity index (χ0n) is 46.2. The number of pyridine rings is 1. The van der Waals surface area contributed by atoms with Crippen molar-refractivity contribution in [3.8, 4) is 50.6 Å². The van der Waals surface area contributed by atoms with E-state index in [1.165, 1.54) is 65.3 Å². The molecule has 0 atom stereocenters. The van der Waals surface area contributed by atoms with E-state index in [-0.39, 0.29) is 25.7 Å². The number of aryl methyl sites for hydroxylation is 1. The third-order valence-electron chi connectivity index (χ3n) is 12.4. The molecule has 0 saturated heterocycles. The maximum atomic E-state index is 8.80. The zero-order chi connectivity index (χ0) is 52.2. The molecular weight excluding hydrogens is 1100 g/mol. The first kappa shape index (κ1) is 43.6. The fourth-order valence-electron chi connectivity index (χ4n) is 9.05. The zero-order valence-corrected chi connectivity index (χ0v) is 46.6. The molecule has 3 heterocycles. The quantitative estimate of drug-likeness (QED) is 0.107.